The Hall–Kier alpha value is 0. The van der Waals surface area contributed by atoms with Crippen LogP contribution in [0.2, 0.25) is 0 Å². The van der Waals surface area contributed by atoms with Crippen molar-refractivity contribution in [3.63, 3.8) is 0 Å². The summed E-state index contributed by atoms with van der Waals surface area (Å²) in [5.41, 5.74) is 0. The summed E-state index contributed by atoms with van der Waals surface area (Å²) >= 11 is 0. The second-order valence-electron chi connectivity index (χ2n) is 12.7. The average molecular weight is 505 g/mol. The minimum Gasteiger partial charge on any atom is -0.0533 e. The van der Waals surface area contributed by atoms with E-state index >= 15 is 0 Å². The van der Waals surface area contributed by atoms with Gasteiger partial charge in [0, 0.05) is 0 Å². The van der Waals surface area contributed by atoms with Crippen LogP contribution in [0.25, 0.3) is 0 Å². The van der Waals surface area contributed by atoms with Crippen molar-refractivity contribution in [1.29, 1.82) is 0 Å². The molecular weight excluding hydrogens is 432 g/mol. The summed E-state index contributed by atoms with van der Waals surface area (Å²) in [6.45, 7) is 0. The molecule has 0 unspecified atom stereocenters. The lowest BCUT2D eigenvalue weighted by Crippen LogP contribution is -1.85. The van der Waals surface area contributed by atoms with Crippen LogP contribution in [0.5, 0.6) is 0 Å². The van der Waals surface area contributed by atoms with Crippen molar-refractivity contribution in [3.8, 4) is 0 Å². The molecule has 0 atom stereocenters. The molecule has 216 valence electrons. The number of rotatable bonds is 0. The van der Waals surface area contributed by atoms with Gasteiger partial charge in [-0.1, -0.05) is 231 Å². The normalized spacial score (nSPS) is 24.0. The summed E-state index contributed by atoms with van der Waals surface area (Å²) in [7, 11) is 0. The maximum Gasteiger partial charge on any atom is -0.0533 e. The maximum atomic E-state index is 1.50. The molecule has 0 spiro atoms. The van der Waals surface area contributed by atoms with Crippen molar-refractivity contribution in [1.82, 2.24) is 0 Å². The van der Waals surface area contributed by atoms with Crippen LogP contribution in [0.15, 0.2) is 0 Å². The van der Waals surface area contributed by atoms with Crippen molar-refractivity contribution in [2.75, 3.05) is 0 Å². The van der Waals surface area contributed by atoms with E-state index in [2.05, 4.69) is 0 Å². The number of hydrogen-bond donors (Lipinski definition) is 0. The highest BCUT2D eigenvalue weighted by molar-refractivity contribution is 4.54. The van der Waals surface area contributed by atoms with E-state index in [1.807, 2.05) is 0 Å². The fraction of sp³-hybridized carbons (Fsp3) is 1.00. The van der Waals surface area contributed by atoms with E-state index in [4.69, 9.17) is 0 Å². The standard InChI is InChI=1S/6C6H12/c6*1-2-4-6-5-3-1/h6*1-6H2. The molecule has 0 nitrogen and oxygen atoms in total. The van der Waals surface area contributed by atoms with Crippen LogP contribution in [0.3, 0.4) is 0 Å². The molecule has 0 aliphatic heterocycles. The first-order chi connectivity index (χ1) is 18.0. The van der Waals surface area contributed by atoms with Gasteiger partial charge in [-0.25, -0.2) is 0 Å². The lowest BCUT2D eigenvalue weighted by molar-refractivity contribution is 0.504. The third-order valence-electron chi connectivity index (χ3n) is 9.00. The highest BCUT2D eigenvalue weighted by Crippen LogP contribution is 2.18. The van der Waals surface area contributed by atoms with E-state index in [1.165, 1.54) is 231 Å². The average Bonchev–Trinajstić information content (AvgIpc) is 3.04. The van der Waals surface area contributed by atoms with E-state index in [1.54, 1.807) is 0 Å². The molecule has 0 heterocycles. The molecule has 6 aliphatic carbocycles. The van der Waals surface area contributed by atoms with Crippen molar-refractivity contribution in [2.24, 2.45) is 0 Å². The quantitative estimate of drug-likeness (QED) is 0.307. The van der Waals surface area contributed by atoms with Crippen LogP contribution in [0, 0.1) is 0 Å². The molecule has 6 rings (SSSR count). The topological polar surface area (TPSA) is 0 Å². The van der Waals surface area contributed by atoms with Gasteiger partial charge in [-0.3, -0.25) is 0 Å². The molecule has 0 aromatic heterocycles. The lowest BCUT2D eigenvalue weighted by Gasteiger charge is -2.05. The molecule has 0 aromatic carbocycles. The number of hydrogen-bond acceptors (Lipinski definition) is 0. The molecule has 0 N–H and O–H groups in total. The first-order valence-corrected chi connectivity index (χ1v) is 18.0. The Kier molecular flexibility index (Phi) is 29.5. The summed E-state index contributed by atoms with van der Waals surface area (Å²) in [6.07, 6.45) is 54.0. The third kappa shape index (κ3) is 28.6. The van der Waals surface area contributed by atoms with Gasteiger partial charge in [-0.2, -0.15) is 0 Å². The fourth-order valence-electron chi connectivity index (χ4n) is 6.36. The predicted octanol–water partition coefficient (Wildman–Crippen LogP) is 14.0. The summed E-state index contributed by atoms with van der Waals surface area (Å²) < 4.78 is 0. The molecule has 0 amide bonds. The Morgan fingerprint density at radius 3 is 0.111 bits per heavy atom. The molecule has 6 saturated carbocycles. The molecule has 0 bridgehead atoms. The molecule has 0 radical (unpaired) electrons. The van der Waals surface area contributed by atoms with Crippen LogP contribution in [0.4, 0.5) is 0 Å². The highest BCUT2D eigenvalue weighted by Gasteiger charge is 1.98. The van der Waals surface area contributed by atoms with Crippen LogP contribution in [0.1, 0.15) is 231 Å². The van der Waals surface area contributed by atoms with E-state index < -0.39 is 0 Å². The van der Waals surface area contributed by atoms with Gasteiger partial charge in [-0.15, -0.1) is 0 Å². The Morgan fingerprint density at radius 2 is 0.0833 bits per heavy atom. The second kappa shape index (κ2) is 31.2. The zero-order valence-corrected chi connectivity index (χ0v) is 25.5. The van der Waals surface area contributed by atoms with Crippen LogP contribution >= 0.6 is 0 Å². The Balaban J connectivity index is 0.000000216. The summed E-state index contributed by atoms with van der Waals surface area (Å²) in [4.78, 5) is 0. The Labute approximate surface area is 231 Å². The van der Waals surface area contributed by atoms with Gasteiger partial charge in [-0.05, 0) is 0 Å². The van der Waals surface area contributed by atoms with Gasteiger partial charge in [0.1, 0.15) is 0 Å². The van der Waals surface area contributed by atoms with Gasteiger partial charge in [0.25, 0.3) is 0 Å². The lowest BCUT2D eigenvalue weighted by atomic mass is 10.0. The van der Waals surface area contributed by atoms with Crippen LogP contribution in [-0.2, 0) is 0 Å². The summed E-state index contributed by atoms with van der Waals surface area (Å²) in [5, 5.41) is 0. The molecule has 0 heteroatoms. The van der Waals surface area contributed by atoms with Crippen LogP contribution < -0.4 is 0 Å². The monoisotopic (exact) mass is 505 g/mol. The minimum atomic E-state index is 1.50. The van der Waals surface area contributed by atoms with Crippen molar-refractivity contribution >= 4 is 0 Å². The third-order valence-corrected chi connectivity index (χ3v) is 9.00. The summed E-state index contributed by atoms with van der Waals surface area (Å²) in [6, 6.07) is 0. The van der Waals surface area contributed by atoms with Crippen LogP contribution in [-0.4, -0.2) is 0 Å². The summed E-state index contributed by atoms with van der Waals surface area (Å²) in [5.74, 6) is 0. The zero-order valence-electron chi connectivity index (χ0n) is 25.5. The smallest absolute Gasteiger partial charge is 0.0533 e. The second-order valence-corrected chi connectivity index (χ2v) is 12.7. The van der Waals surface area contributed by atoms with E-state index in [0.717, 1.165) is 0 Å². The first kappa shape index (κ1) is 34.0. The molecule has 36 heavy (non-hydrogen) atoms. The largest absolute Gasteiger partial charge is 0.0533 e. The van der Waals surface area contributed by atoms with E-state index in [0.29, 0.717) is 0 Å². The van der Waals surface area contributed by atoms with Crippen molar-refractivity contribution in [3.05, 3.63) is 0 Å². The Morgan fingerprint density at radius 1 is 0.0556 bits per heavy atom. The molecular formula is C36H72. The van der Waals surface area contributed by atoms with Crippen molar-refractivity contribution in [2.45, 2.75) is 231 Å². The van der Waals surface area contributed by atoms with Crippen molar-refractivity contribution < 1.29 is 0 Å². The highest BCUT2D eigenvalue weighted by atomic mass is 14.0. The minimum absolute atomic E-state index is 1.50. The van der Waals surface area contributed by atoms with Gasteiger partial charge >= 0.3 is 0 Å². The predicted molar refractivity (Wildman–Crippen MR) is 166 cm³/mol. The molecule has 0 aromatic rings. The van der Waals surface area contributed by atoms with Gasteiger partial charge < -0.3 is 0 Å². The molecule has 6 aliphatic rings. The fourth-order valence-corrected chi connectivity index (χ4v) is 6.36. The van der Waals surface area contributed by atoms with E-state index in [9.17, 15) is 0 Å². The maximum absolute atomic E-state index is 1.50. The molecule has 0 saturated heterocycles. The SMILES string of the molecule is C1CCCCC1.C1CCCCC1.C1CCCCC1.C1CCCCC1.C1CCCCC1.C1CCCCC1. The van der Waals surface area contributed by atoms with Gasteiger partial charge in [0.2, 0.25) is 0 Å². The first-order valence-electron chi connectivity index (χ1n) is 18.0. The Bertz CT molecular complexity index is 186. The molecule has 6 fully saturated rings. The van der Waals surface area contributed by atoms with Gasteiger partial charge in [0.15, 0.2) is 0 Å². The van der Waals surface area contributed by atoms with E-state index in [-0.39, 0.29) is 0 Å². The van der Waals surface area contributed by atoms with Gasteiger partial charge in [0.05, 0.1) is 0 Å². The zero-order chi connectivity index (χ0) is 25.5.